The van der Waals surface area contributed by atoms with Crippen LogP contribution < -0.4 is 10.1 Å². The summed E-state index contributed by atoms with van der Waals surface area (Å²) < 4.78 is 5.94. The Balaban J connectivity index is 1.84. The Hall–Kier alpha value is -1.02. The molecule has 0 amide bonds. The Bertz CT molecular complexity index is 464. The SMILES string of the molecule is CC(C)(C)CC(C)(C)c1ccc(OCCC2CCCCN2)cc1. The molecular formula is C21H35NO. The Morgan fingerprint density at radius 3 is 2.30 bits per heavy atom. The third-order valence-corrected chi connectivity index (χ3v) is 4.76. The molecule has 0 aliphatic carbocycles. The van der Waals surface area contributed by atoms with Crippen LogP contribution in [0.15, 0.2) is 24.3 Å². The fraction of sp³-hybridized carbons (Fsp3) is 0.714. The van der Waals surface area contributed by atoms with Gasteiger partial charge in [0, 0.05) is 6.04 Å². The topological polar surface area (TPSA) is 21.3 Å². The van der Waals surface area contributed by atoms with Crippen molar-refractivity contribution in [3.05, 3.63) is 29.8 Å². The molecule has 1 fully saturated rings. The molecule has 2 heteroatoms. The molecule has 0 spiro atoms. The van der Waals surface area contributed by atoms with Gasteiger partial charge in [0.1, 0.15) is 5.75 Å². The zero-order chi connectivity index (χ0) is 16.9. The van der Waals surface area contributed by atoms with Crippen molar-refractivity contribution in [1.29, 1.82) is 0 Å². The first-order chi connectivity index (χ1) is 10.8. The van der Waals surface area contributed by atoms with Crippen molar-refractivity contribution >= 4 is 0 Å². The molecule has 1 N–H and O–H groups in total. The Morgan fingerprint density at radius 1 is 1.04 bits per heavy atom. The molecule has 0 bridgehead atoms. The van der Waals surface area contributed by atoms with E-state index in [1.165, 1.54) is 37.8 Å². The van der Waals surface area contributed by atoms with Crippen LogP contribution in [-0.4, -0.2) is 19.2 Å². The largest absolute Gasteiger partial charge is 0.494 e. The lowest BCUT2D eigenvalue weighted by Gasteiger charge is -2.33. The second-order valence-electron chi connectivity index (χ2n) is 8.93. The standard InChI is InChI=1S/C21H35NO/c1-20(2,3)16-21(4,5)17-9-11-19(12-10-17)23-15-13-18-8-6-7-14-22-18/h9-12,18,22H,6-8,13-16H2,1-5H3. The summed E-state index contributed by atoms with van der Waals surface area (Å²) >= 11 is 0. The van der Waals surface area contributed by atoms with Gasteiger partial charge in [-0.05, 0) is 60.8 Å². The molecule has 2 rings (SSSR count). The first-order valence-electron chi connectivity index (χ1n) is 9.23. The van der Waals surface area contributed by atoms with Crippen molar-refractivity contribution in [3.8, 4) is 5.75 Å². The molecule has 0 radical (unpaired) electrons. The van der Waals surface area contributed by atoms with Crippen LogP contribution in [0.4, 0.5) is 0 Å². The number of piperidine rings is 1. The molecule has 1 aliphatic heterocycles. The van der Waals surface area contributed by atoms with Gasteiger partial charge in [-0.25, -0.2) is 0 Å². The monoisotopic (exact) mass is 317 g/mol. The van der Waals surface area contributed by atoms with Gasteiger partial charge in [0.25, 0.3) is 0 Å². The van der Waals surface area contributed by atoms with Crippen molar-refractivity contribution in [3.63, 3.8) is 0 Å². The summed E-state index contributed by atoms with van der Waals surface area (Å²) in [7, 11) is 0. The van der Waals surface area contributed by atoms with E-state index in [0.717, 1.165) is 18.8 Å². The minimum Gasteiger partial charge on any atom is -0.494 e. The number of ether oxygens (including phenoxy) is 1. The summed E-state index contributed by atoms with van der Waals surface area (Å²) in [4.78, 5) is 0. The molecule has 1 aromatic rings. The highest BCUT2D eigenvalue weighted by molar-refractivity contribution is 5.31. The smallest absolute Gasteiger partial charge is 0.119 e. The fourth-order valence-electron chi connectivity index (χ4n) is 3.92. The van der Waals surface area contributed by atoms with Crippen molar-refractivity contribution in [2.75, 3.05) is 13.2 Å². The van der Waals surface area contributed by atoms with Gasteiger partial charge >= 0.3 is 0 Å². The molecule has 0 saturated carbocycles. The van der Waals surface area contributed by atoms with E-state index < -0.39 is 0 Å². The average molecular weight is 318 g/mol. The molecule has 2 nitrogen and oxygen atoms in total. The number of hydrogen-bond donors (Lipinski definition) is 1. The van der Waals surface area contributed by atoms with Gasteiger partial charge in [-0.1, -0.05) is 53.2 Å². The van der Waals surface area contributed by atoms with Gasteiger partial charge in [0.15, 0.2) is 0 Å². The van der Waals surface area contributed by atoms with E-state index in [0.29, 0.717) is 11.5 Å². The van der Waals surface area contributed by atoms with E-state index in [2.05, 4.69) is 64.2 Å². The lowest BCUT2D eigenvalue weighted by atomic mass is 9.72. The third kappa shape index (κ3) is 6.18. The molecule has 130 valence electrons. The fourth-order valence-corrected chi connectivity index (χ4v) is 3.92. The maximum atomic E-state index is 5.94. The number of rotatable bonds is 6. The zero-order valence-corrected chi connectivity index (χ0v) is 15.7. The average Bonchev–Trinajstić information content (AvgIpc) is 2.46. The lowest BCUT2D eigenvalue weighted by Crippen LogP contribution is -2.35. The molecule has 1 saturated heterocycles. The van der Waals surface area contributed by atoms with Crippen molar-refractivity contribution in [2.45, 2.75) is 78.2 Å². The van der Waals surface area contributed by atoms with Crippen LogP contribution in [-0.2, 0) is 5.41 Å². The summed E-state index contributed by atoms with van der Waals surface area (Å²) in [6.07, 6.45) is 6.26. The number of hydrogen-bond acceptors (Lipinski definition) is 2. The number of benzene rings is 1. The summed E-state index contributed by atoms with van der Waals surface area (Å²) in [6.45, 7) is 13.6. The van der Waals surface area contributed by atoms with Crippen LogP contribution in [0.3, 0.4) is 0 Å². The summed E-state index contributed by atoms with van der Waals surface area (Å²) in [5, 5.41) is 3.58. The van der Waals surface area contributed by atoms with Gasteiger partial charge in [-0.3, -0.25) is 0 Å². The minimum absolute atomic E-state index is 0.197. The number of nitrogens with one attached hydrogen (secondary N) is 1. The molecule has 23 heavy (non-hydrogen) atoms. The summed E-state index contributed by atoms with van der Waals surface area (Å²) in [6, 6.07) is 9.39. The first-order valence-corrected chi connectivity index (χ1v) is 9.23. The zero-order valence-electron chi connectivity index (χ0n) is 15.7. The first kappa shape index (κ1) is 18.3. The molecule has 0 aromatic heterocycles. The molecule has 1 heterocycles. The minimum atomic E-state index is 0.197. The summed E-state index contributed by atoms with van der Waals surface area (Å²) in [5.74, 6) is 0.996. The van der Waals surface area contributed by atoms with E-state index in [9.17, 15) is 0 Å². The van der Waals surface area contributed by atoms with Gasteiger partial charge in [0.05, 0.1) is 6.61 Å². The molecular weight excluding hydrogens is 282 g/mol. The van der Waals surface area contributed by atoms with Gasteiger partial charge in [0.2, 0.25) is 0 Å². The van der Waals surface area contributed by atoms with Crippen LogP contribution in [0.2, 0.25) is 0 Å². The van der Waals surface area contributed by atoms with E-state index >= 15 is 0 Å². The van der Waals surface area contributed by atoms with Crippen molar-refractivity contribution in [1.82, 2.24) is 5.32 Å². The Morgan fingerprint density at radius 2 is 1.74 bits per heavy atom. The maximum absolute atomic E-state index is 5.94. The van der Waals surface area contributed by atoms with Gasteiger partial charge in [-0.15, -0.1) is 0 Å². The maximum Gasteiger partial charge on any atom is 0.119 e. The molecule has 1 aliphatic rings. The molecule has 1 unspecified atom stereocenters. The van der Waals surface area contributed by atoms with Crippen molar-refractivity contribution in [2.24, 2.45) is 5.41 Å². The quantitative estimate of drug-likeness (QED) is 0.767. The van der Waals surface area contributed by atoms with E-state index in [1.807, 2.05) is 0 Å². The van der Waals surface area contributed by atoms with Crippen LogP contribution in [0.5, 0.6) is 5.75 Å². The highest BCUT2D eigenvalue weighted by Crippen LogP contribution is 2.36. The van der Waals surface area contributed by atoms with Gasteiger partial charge < -0.3 is 10.1 Å². The van der Waals surface area contributed by atoms with E-state index in [-0.39, 0.29) is 5.41 Å². The Labute approximate surface area is 143 Å². The Kier molecular flexibility index (Phi) is 6.13. The third-order valence-electron chi connectivity index (χ3n) is 4.76. The second kappa shape index (κ2) is 7.70. The predicted molar refractivity (Wildman–Crippen MR) is 99.3 cm³/mol. The van der Waals surface area contributed by atoms with Crippen LogP contribution in [0, 0.1) is 5.41 Å². The van der Waals surface area contributed by atoms with Crippen molar-refractivity contribution < 1.29 is 4.74 Å². The molecule has 1 atom stereocenters. The summed E-state index contributed by atoms with van der Waals surface area (Å²) in [5.41, 5.74) is 1.93. The van der Waals surface area contributed by atoms with Crippen LogP contribution in [0.25, 0.3) is 0 Å². The second-order valence-corrected chi connectivity index (χ2v) is 8.93. The van der Waals surface area contributed by atoms with E-state index in [4.69, 9.17) is 4.74 Å². The van der Waals surface area contributed by atoms with Crippen LogP contribution in [0.1, 0.15) is 72.3 Å². The predicted octanol–water partition coefficient (Wildman–Crippen LogP) is 5.31. The highest BCUT2D eigenvalue weighted by Gasteiger charge is 2.27. The lowest BCUT2D eigenvalue weighted by molar-refractivity contribution is 0.267. The van der Waals surface area contributed by atoms with Crippen LogP contribution >= 0.6 is 0 Å². The highest BCUT2D eigenvalue weighted by atomic mass is 16.5. The van der Waals surface area contributed by atoms with E-state index in [1.54, 1.807) is 0 Å². The molecule has 1 aromatic carbocycles. The normalized spacial score (nSPS) is 19.6. The van der Waals surface area contributed by atoms with Gasteiger partial charge in [-0.2, -0.15) is 0 Å².